The predicted octanol–water partition coefficient (Wildman–Crippen LogP) is 1.26. The maximum absolute atomic E-state index is 12.0. The molecule has 1 saturated carbocycles. The smallest absolute Gasteiger partial charge is 0.223 e. The van der Waals surface area contributed by atoms with E-state index in [1.54, 1.807) is 6.92 Å². The van der Waals surface area contributed by atoms with Gasteiger partial charge in [-0.2, -0.15) is 4.98 Å². The zero-order chi connectivity index (χ0) is 13.9. The molecule has 6 nitrogen and oxygen atoms in total. The van der Waals surface area contributed by atoms with Crippen molar-refractivity contribution in [3.63, 3.8) is 0 Å². The second-order valence-corrected chi connectivity index (χ2v) is 5.94. The molecule has 1 unspecified atom stereocenters. The summed E-state index contributed by atoms with van der Waals surface area (Å²) in [5.74, 6) is 1.85. The first kappa shape index (κ1) is 13.5. The number of carbonyl (C=O) groups excluding carboxylic acids is 1. The van der Waals surface area contributed by atoms with Crippen LogP contribution in [-0.2, 0) is 11.3 Å². The van der Waals surface area contributed by atoms with Crippen LogP contribution in [0.1, 0.15) is 43.8 Å². The van der Waals surface area contributed by atoms with Gasteiger partial charge in [0.2, 0.25) is 11.8 Å². The maximum atomic E-state index is 12.0. The molecule has 2 heterocycles. The van der Waals surface area contributed by atoms with E-state index in [-0.39, 0.29) is 17.9 Å². The van der Waals surface area contributed by atoms with E-state index in [4.69, 9.17) is 4.52 Å². The lowest BCUT2D eigenvalue weighted by Gasteiger charge is -2.34. The summed E-state index contributed by atoms with van der Waals surface area (Å²) in [7, 11) is 0. The van der Waals surface area contributed by atoms with Crippen molar-refractivity contribution < 1.29 is 9.32 Å². The topological polar surface area (TPSA) is 71.3 Å². The summed E-state index contributed by atoms with van der Waals surface area (Å²) >= 11 is 0. The second kappa shape index (κ2) is 5.91. The maximum Gasteiger partial charge on any atom is 0.223 e. The average molecular weight is 278 g/mol. The lowest BCUT2D eigenvalue weighted by Crippen LogP contribution is -2.49. The molecule has 1 aromatic heterocycles. The molecule has 2 aliphatic rings. The van der Waals surface area contributed by atoms with Gasteiger partial charge in [-0.3, -0.25) is 9.69 Å². The van der Waals surface area contributed by atoms with Crippen LogP contribution in [0.2, 0.25) is 0 Å². The fourth-order valence-corrected chi connectivity index (χ4v) is 2.91. The quantitative estimate of drug-likeness (QED) is 0.897. The van der Waals surface area contributed by atoms with Crippen molar-refractivity contribution in [2.45, 2.75) is 51.6 Å². The highest BCUT2D eigenvalue weighted by atomic mass is 16.5. The molecule has 1 atom stereocenters. The number of hydrogen-bond acceptors (Lipinski definition) is 5. The number of rotatable bonds is 4. The zero-order valence-corrected chi connectivity index (χ0v) is 12.0. The number of amides is 1. The van der Waals surface area contributed by atoms with Gasteiger partial charge in [-0.15, -0.1) is 0 Å². The van der Waals surface area contributed by atoms with E-state index in [2.05, 4.69) is 20.4 Å². The number of likely N-dealkylation sites (tertiary alicyclic amines) is 1. The molecule has 2 fully saturated rings. The second-order valence-electron chi connectivity index (χ2n) is 5.94. The van der Waals surface area contributed by atoms with Crippen LogP contribution in [0.15, 0.2) is 4.52 Å². The van der Waals surface area contributed by atoms with Crippen LogP contribution in [0.3, 0.4) is 0 Å². The summed E-state index contributed by atoms with van der Waals surface area (Å²) in [5.41, 5.74) is 0. The van der Waals surface area contributed by atoms with Gasteiger partial charge in [0.25, 0.3) is 0 Å². The first-order valence-electron chi connectivity index (χ1n) is 7.52. The first-order chi connectivity index (χ1) is 9.70. The Morgan fingerprint density at radius 1 is 1.40 bits per heavy atom. The van der Waals surface area contributed by atoms with Gasteiger partial charge in [0.15, 0.2) is 5.82 Å². The molecule has 0 bridgehead atoms. The van der Waals surface area contributed by atoms with Crippen molar-refractivity contribution in [3.8, 4) is 0 Å². The largest absolute Gasteiger partial charge is 0.352 e. The van der Waals surface area contributed by atoms with Gasteiger partial charge in [-0.25, -0.2) is 0 Å². The Morgan fingerprint density at radius 3 is 2.90 bits per heavy atom. The van der Waals surface area contributed by atoms with E-state index >= 15 is 0 Å². The number of nitrogens with one attached hydrogen (secondary N) is 1. The fourth-order valence-electron chi connectivity index (χ4n) is 2.91. The van der Waals surface area contributed by atoms with Crippen LogP contribution in [0.4, 0.5) is 0 Å². The molecule has 0 spiro atoms. The van der Waals surface area contributed by atoms with E-state index in [9.17, 15) is 4.79 Å². The Balaban J connectivity index is 1.49. The van der Waals surface area contributed by atoms with E-state index in [0.717, 1.165) is 44.6 Å². The minimum absolute atomic E-state index is 0.249. The van der Waals surface area contributed by atoms with E-state index in [1.165, 1.54) is 6.42 Å². The highest BCUT2D eigenvalue weighted by Crippen LogP contribution is 2.26. The molecule has 20 heavy (non-hydrogen) atoms. The lowest BCUT2D eigenvalue weighted by molar-refractivity contribution is -0.128. The van der Waals surface area contributed by atoms with Gasteiger partial charge < -0.3 is 9.84 Å². The van der Waals surface area contributed by atoms with Gasteiger partial charge >= 0.3 is 0 Å². The van der Waals surface area contributed by atoms with Crippen LogP contribution >= 0.6 is 0 Å². The van der Waals surface area contributed by atoms with Gasteiger partial charge in [-0.05, 0) is 32.2 Å². The monoisotopic (exact) mass is 278 g/mol. The van der Waals surface area contributed by atoms with Gasteiger partial charge in [0.1, 0.15) is 0 Å². The minimum atomic E-state index is 0.249. The third-order valence-corrected chi connectivity index (χ3v) is 4.26. The van der Waals surface area contributed by atoms with E-state index < -0.39 is 0 Å². The third kappa shape index (κ3) is 3.17. The SMILES string of the molecule is Cc1nc(CN2CCCC(NC(=O)C3CCC3)C2)no1. The normalized spacial score (nSPS) is 24.4. The zero-order valence-electron chi connectivity index (χ0n) is 12.0. The molecule has 1 aliphatic heterocycles. The van der Waals surface area contributed by atoms with Gasteiger partial charge in [0.05, 0.1) is 6.54 Å². The molecule has 110 valence electrons. The van der Waals surface area contributed by atoms with Crippen LogP contribution in [0.25, 0.3) is 0 Å². The molecule has 1 saturated heterocycles. The number of nitrogens with zero attached hydrogens (tertiary/aromatic N) is 3. The highest BCUT2D eigenvalue weighted by molar-refractivity contribution is 5.79. The number of carbonyl (C=O) groups is 1. The van der Waals surface area contributed by atoms with Crippen LogP contribution in [-0.4, -0.2) is 40.1 Å². The lowest BCUT2D eigenvalue weighted by atomic mass is 9.84. The van der Waals surface area contributed by atoms with Gasteiger partial charge in [-0.1, -0.05) is 11.6 Å². The van der Waals surface area contributed by atoms with Crippen molar-refractivity contribution in [2.75, 3.05) is 13.1 Å². The van der Waals surface area contributed by atoms with Crippen molar-refractivity contribution in [1.82, 2.24) is 20.4 Å². The summed E-state index contributed by atoms with van der Waals surface area (Å²) < 4.78 is 4.99. The average Bonchev–Trinajstić information content (AvgIpc) is 2.72. The Morgan fingerprint density at radius 2 is 2.25 bits per heavy atom. The van der Waals surface area contributed by atoms with Crippen molar-refractivity contribution in [1.29, 1.82) is 0 Å². The molecule has 0 aromatic carbocycles. The molecule has 1 amide bonds. The Labute approximate surface area is 118 Å². The molecule has 6 heteroatoms. The summed E-state index contributed by atoms with van der Waals surface area (Å²) in [6.45, 7) is 4.41. The highest BCUT2D eigenvalue weighted by Gasteiger charge is 2.28. The van der Waals surface area contributed by atoms with E-state index in [1.807, 2.05) is 0 Å². The number of piperidine rings is 1. The first-order valence-corrected chi connectivity index (χ1v) is 7.52. The van der Waals surface area contributed by atoms with Crippen LogP contribution in [0.5, 0.6) is 0 Å². The fraction of sp³-hybridized carbons (Fsp3) is 0.786. The Hall–Kier alpha value is -1.43. The summed E-state index contributed by atoms with van der Waals surface area (Å²) in [6.07, 6.45) is 5.49. The molecule has 0 radical (unpaired) electrons. The molecule has 1 aromatic rings. The summed E-state index contributed by atoms with van der Waals surface area (Å²) in [4.78, 5) is 18.5. The van der Waals surface area contributed by atoms with Gasteiger partial charge in [0, 0.05) is 25.4 Å². The molecular weight excluding hydrogens is 256 g/mol. The van der Waals surface area contributed by atoms with Crippen molar-refractivity contribution in [3.05, 3.63) is 11.7 Å². The van der Waals surface area contributed by atoms with E-state index in [0.29, 0.717) is 12.4 Å². The Kier molecular flexibility index (Phi) is 4.00. The number of hydrogen-bond donors (Lipinski definition) is 1. The van der Waals surface area contributed by atoms with Crippen molar-refractivity contribution in [2.24, 2.45) is 5.92 Å². The number of aryl methyl sites for hydroxylation is 1. The van der Waals surface area contributed by atoms with Crippen LogP contribution in [0, 0.1) is 12.8 Å². The molecular formula is C14H22N4O2. The molecule has 1 aliphatic carbocycles. The molecule has 1 N–H and O–H groups in total. The third-order valence-electron chi connectivity index (χ3n) is 4.26. The van der Waals surface area contributed by atoms with Crippen molar-refractivity contribution >= 4 is 5.91 Å². The molecule has 3 rings (SSSR count). The summed E-state index contributed by atoms with van der Waals surface area (Å²) in [5, 5.41) is 7.13. The standard InChI is InChI=1S/C14H22N4O2/c1-10-15-13(17-20-10)9-18-7-3-6-12(8-18)16-14(19)11-4-2-5-11/h11-12H,2-9H2,1H3,(H,16,19). The van der Waals surface area contributed by atoms with Crippen LogP contribution < -0.4 is 5.32 Å². The predicted molar refractivity (Wildman–Crippen MR) is 72.8 cm³/mol. The number of aromatic nitrogens is 2. The minimum Gasteiger partial charge on any atom is -0.352 e. The summed E-state index contributed by atoms with van der Waals surface area (Å²) in [6, 6.07) is 0.268. The Bertz CT molecular complexity index is 469.